The lowest BCUT2D eigenvalue weighted by atomic mass is 9.98. The van der Waals surface area contributed by atoms with Crippen LogP contribution in [-0.4, -0.2) is 15.0 Å². The van der Waals surface area contributed by atoms with Crippen molar-refractivity contribution in [3.8, 4) is 0 Å². The van der Waals surface area contributed by atoms with E-state index in [0.717, 1.165) is 24.3 Å². The molecule has 0 spiro atoms. The van der Waals surface area contributed by atoms with E-state index in [1.165, 1.54) is 51.4 Å². The molecule has 0 aliphatic carbocycles. The maximum Gasteiger partial charge on any atom is 0.296 e. The van der Waals surface area contributed by atoms with Gasteiger partial charge in [0.25, 0.3) is 10.1 Å². The smallest absolute Gasteiger partial charge is 0.266 e. The highest BCUT2D eigenvalue weighted by Gasteiger charge is 2.14. The minimum atomic E-state index is -3.59. The Labute approximate surface area is 155 Å². The van der Waals surface area contributed by atoms with Gasteiger partial charge in [0.2, 0.25) is 0 Å². The van der Waals surface area contributed by atoms with Crippen LogP contribution in [-0.2, 0) is 14.3 Å². The van der Waals surface area contributed by atoms with Crippen LogP contribution in [0.4, 0.5) is 0 Å². The van der Waals surface area contributed by atoms with Crippen molar-refractivity contribution in [2.75, 3.05) is 6.61 Å². The van der Waals surface area contributed by atoms with Crippen LogP contribution in [0.25, 0.3) is 0 Å². The molecular weight excluding hydrogens is 332 g/mol. The second-order valence-corrected chi connectivity index (χ2v) is 8.86. The molecule has 1 aromatic carbocycles. The Morgan fingerprint density at radius 1 is 0.880 bits per heavy atom. The fourth-order valence-corrected chi connectivity index (χ4v) is 4.00. The van der Waals surface area contributed by atoms with Crippen LogP contribution in [0, 0.1) is 12.8 Å². The molecule has 0 aromatic heterocycles. The van der Waals surface area contributed by atoms with Gasteiger partial charge in [0, 0.05) is 0 Å². The largest absolute Gasteiger partial charge is 0.296 e. The summed E-state index contributed by atoms with van der Waals surface area (Å²) in [4.78, 5) is 0.246. The lowest BCUT2D eigenvalue weighted by Crippen LogP contribution is -2.07. The molecule has 0 aliphatic rings. The summed E-state index contributed by atoms with van der Waals surface area (Å²) in [5.41, 5.74) is 1.04. The third kappa shape index (κ3) is 10.0. The summed E-state index contributed by atoms with van der Waals surface area (Å²) in [5.74, 6) is 0.873. The Kier molecular flexibility index (Phi) is 11.1. The zero-order valence-corrected chi connectivity index (χ0v) is 17.1. The molecule has 4 heteroatoms. The number of benzene rings is 1. The minimum absolute atomic E-state index is 0.246. The molecule has 0 fully saturated rings. The van der Waals surface area contributed by atoms with Gasteiger partial charge in [0.15, 0.2) is 0 Å². The van der Waals surface area contributed by atoms with Gasteiger partial charge in [-0.3, -0.25) is 4.18 Å². The molecule has 0 aliphatic heterocycles. The summed E-state index contributed by atoms with van der Waals surface area (Å²) in [6, 6.07) is 6.79. The zero-order valence-electron chi connectivity index (χ0n) is 16.3. The normalized spacial score (nSPS) is 13.1. The maximum atomic E-state index is 12.0. The molecule has 0 heterocycles. The standard InChI is InChI=1S/C21H36O3S/c1-4-12-19(2)13-10-8-6-5-7-9-11-18-24-25(22,23)21-16-14-20(3)15-17-21/h14-17,19H,4-13,18H2,1-3H3. The van der Waals surface area contributed by atoms with E-state index in [-0.39, 0.29) is 11.5 Å². The lowest BCUT2D eigenvalue weighted by molar-refractivity contribution is 0.306. The summed E-state index contributed by atoms with van der Waals surface area (Å²) in [6.45, 7) is 6.83. The van der Waals surface area contributed by atoms with Gasteiger partial charge < -0.3 is 0 Å². The quantitative estimate of drug-likeness (QED) is 0.287. The van der Waals surface area contributed by atoms with E-state index >= 15 is 0 Å². The van der Waals surface area contributed by atoms with E-state index in [0.29, 0.717) is 0 Å². The highest BCUT2D eigenvalue weighted by Crippen LogP contribution is 2.17. The van der Waals surface area contributed by atoms with Crippen molar-refractivity contribution >= 4 is 10.1 Å². The Morgan fingerprint density at radius 2 is 1.44 bits per heavy atom. The van der Waals surface area contributed by atoms with Crippen molar-refractivity contribution in [3.05, 3.63) is 29.8 Å². The maximum absolute atomic E-state index is 12.0. The molecule has 144 valence electrons. The van der Waals surface area contributed by atoms with Gasteiger partial charge in [-0.25, -0.2) is 0 Å². The van der Waals surface area contributed by atoms with Crippen molar-refractivity contribution in [2.24, 2.45) is 5.92 Å². The van der Waals surface area contributed by atoms with Crippen LogP contribution >= 0.6 is 0 Å². The number of aryl methyl sites for hydroxylation is 1. The van der Waals surface area contributed by atoms with Gasteiger partial charge in [0.05, 0.1) is 11.5 Å². The molecule has 1 atom stereocenters. The molecule has 0 amide bonds. The predicted molar refractivity (Wildman–Crippen MR) is 105 cm³/mol. The van der Waals surface area contributed by atoms with E-state index in [2.05, 4.69) is 13.8 Å². The fraction of sp³-hybridized carbons (Fsp3) is 0.714. The van der Waals surface area contributed by atoms with E-state index in [4.69, 9.17) is 4.18 Å². The third-order valence-corrected chi connectivity index (χ3v) is 6.00. The van der Waals surface area contributed by atoms with Crippen molar-refractivity contribution < 1.29 is 12.6 Å². The Morgan fingerprint density at radius 3 is 2.04 bits per heavy atom. The molecule has 3 nitrogen and oxygen atoms in total. The van der Waals surface area contributed by atoms with Crippen LogP contribution in [0.1, 0.15) is 83.6 Å². The summed E-state index contributed by atoms with van der Waals surface area (Å²) in [7, 11) is -3.59. The van der Waals surface area contributed by atoms with Crippen molar-refractivity contribution in [2.45, 2.75) is 89.9 Å². The average Bonchev–Trinajstić information content (AvgIpc) is 2.57. The highest BCUT2D eigenvalue weighted by atomic mass is 32.2. The minimum Gasteiger partial charge on any atom is -0.266 e. The van der Waals surface area contributed by atoms with Gasteiger partial charge in [0.1, 0.15) is 0 Å². The predicted octanol–water partition coefficient (Wildman–Crippen LogP) is 6.26. The van der Waals surface area contributed by atoms with Crippen molar-refractivity contribution in [1.29, 1.82) is 0 Å². The second kappa shape index (κ2) is 12.5. The Balaban J connectivity index is 2.02. The van der Waals surface area contributed by atoms with Crippen LogP contribution in [0.5, 0.6) is 0 Å². The van der Waals surface area contributed by atoms with E-state index < -0.39 is 10.1 Å². The molecule has 25 heavy (non-hydrogen) atoms. The van der Waals surface area contributed by atoms with Gasteiger partial charge in [-0.05, 0) is 31.4 Å². The fourth-order valence-electron chi connectivity index (χ4n) is 3.06. The zero-order chi connectivity index (χ0) is 18.5. The first-order chi connectivity index (χ1) is 12.0. The van der Waals surface area contributed by atoms with Gasteiger partial charge in [-0.15, -0.1) is 0 Å². The number of unbranched alkanes of at least 4 members (excludes halogenated alkanes) is 6. The number of hydrogen-bond donors (Lipinski definition) is 0. The van der Waals surface area contributed by atoms with Gasteiger partial charge in [-0.2, -0.15) is 8.42 Å². The average molecular weight is 369 g/mol. The monoisotopic (exact) mass is 368 g/mol. The topological polar surface area (TPSA) is 43.4 Å². The molecular formula is C21H36O3S. The molecule has 1 unspecified atom stereocenters. The lowest BCUT2D eigenvalue weighted by Gasteiger charge is -2.09. The first-order valence-corrected chi connectivity index (χ1v) is 11.3. The van der Waals surface area contributed by atoms with E-state index in [1.54, 1.807) is 24.3 Å². The molecule has 0 radical (unpaired) electrons. The van der Waals surface area contributed by atoms with Gasteiger partial charge in [-0.1, -0.05) is 89.3 Å². The van der Waals surface area contributed by atoms with Crippen LogP contribution in [0.2, 0.25) is 0 Å². The number of hydrogen-bond acceptors (Lipinski definition) is 3. The molecule has 1 aromatic rings. The van der Waals surface area contributed by atoms with E-state index in [9.17, 15) is 8.42 Å². The summed E-state index contributed by atoms with van der Waals surface area (Å²) >= 11 is 0. The molecule has 0 N–H and O–H groups in total. The molecule has 0 saturated heterocycles. The van der Waals surface area contributed by atoms with Crippen LogP contribution in [0.15, 0.2) is 29.2 Å². The first-order valence-electron chi connectivity index (χ1n) is 9.92. The van der Waals surface area contributed by atoms with Gasteiger partial charge >= 0.3 is 0 Å². The van der Waals surface area contributed by atoms with Crippen LogP contribution < -0.4 is 0 Å². The van der Waals surface area contributed by atoms with E-state index in [1.807, 2.05) is 6.92 Å². The van der Waals surface area contributed by atoms with Crippen molar-refractivity contribution in [3.63, 3.8) is 0 Å². The number of rotatable bonds is 14. The molecule has 0 bridgehead atoms. The molecule has 0 saturated carbocycles. The highest BCUT2D eigenvalue weighted by molar-refractivity contribution is 7.86. The van der Waals surface area contributed by atoms with Crippen LogP contribution in [0.3, 0.4) is 0 Å². The summed E-state index contributed by atoms with van der Waals surface area (Å²) in [5, 5.41) is 0. The molecule has 1 rings (SSSR count). The summed E-state index contributed by atoms with van der Waals surface area (Å²) < 4.78 is 29.2. The Hall–Kier alpha value is -0.870. The first kappa shape index (κ1) is 22.2. The third-order valence-electron chi connectivity index (χ3n) is 4.67. The second-order valence-electron chi connectivity index (χ2n) is 7.25. The summed E-state index contributed by atoms with van der Waals surface area (Å²) in [6.07, 6.45) is 12.2. The SMILES string of the molecule is CCCC(C)CCCCCCCCCOS(=O)(=O)c1ccc(C)cc1. The van der Waals surface area contributed by atoms with Crippen molar-refractivity contribution in [1.82, 2.24) is 0 Å². The Bertz CT molecular complexity index is 549.